The Bertz CT molecular complexity index is 534. The summed E-state index contributed by atoms with van der Waals surface area (Å²) >= 11 is 9.01. The Balaban J connectivity index is 2.35. The Morgan fingerprint density at radius 2 is 2.18 bits per heavy atom. The summed E-state index contributed by atoms with van der Waals surface area (Å²) in [7, 11) is -3.53. The number of β-amino-alcohol motifs (C(OH)–C–C–N with tert-alkyl or cyclic N) is 1. The van der Waals surface area contributed by atoms with E-state index >= 15 is 0 Å². The van der Waals surface area contributed by atoms with Crippen LogP contribution in [0.25, 0.3) is 0 Å². The minimum absolute atomic E-state index is 0.155. The van der Waals surface area contributed by atoms with Crippen LogP contribution in [0.5, 0.6) is 0 Å². The lowest BCUT2D eigenvalue weighted by molar-refractivity contribution is 0.189. The highest BCUT2D eigenvalue weighted by atomic mass is 79.9. The standard InChI is InChI=1S/C10H11BrClNO3S/c11-9-5-8(1-2-10(9)12)17(15,16)13-4-3-7(14)6-13/h1-2,5,7,14H,3-4,6H2. The molecule has 1 atom stereocenters. The molecule has 1 saturated heterocycles. The number of nitrogens with zero attached hydrogens (tertiary/aromatic N) is 1. The third-order valence-electron chi connectivity index (χ3n) is 2.65. The Morgan fingerprint density at radius 1 is 1.47 bits per heavy atom. The molecule has 1 unspecified atom stereocenters. The maximum atomic E-state index is 12.2. The normalized spacial score (nSPS) is 21.9. The maximum absolute atomic E-state index is 12.2. The average Bonchev–Trinajstić information content (AvgIpc) is 2.69. The minimum atomic E-state index is -3.53. The number of aliphatic hydroxyl groups excluding tert-OH is 1. The molecule has 4 nitrogen and oxygen atoms in total. The Hall–Kier alpha value is -0.140. The molecule has 0 amide bonds. The smallest absolute Gasteiger partial charge is 0.243 e. The number of halogens is 2. The van der Waals surface area contributed by atoms with Crippen LogP contribution in [0.3, 0.4) is 0 Å². The topological polar surface area (TPSA) is 57.6 Å². The van der Waals surface area contributed by atoms with Gasteiger partial charge >= 0.3 is 0 Å². The zero-order chi connectivity index (χ0) is 12.6. The van der Waals surface area contributed by atoms with Crippen molar-refractivity contribution in [2.75, 3.05) is 13.1 Å². The molecule has 0 aliphatic carbocycles. The van der Waals surface area contributed by atoms with Crippen LogP contribution in [0.15, 0.2) is 27.6 Å². The molecule has 0 spiro atoms. The Kier molecular flexibility index (Phi) is 3.80. The van der Waals surface area contributed by atoms with Crippen molar-refractivity contribution in [3.63, 3.8) is 0 Å². The van der Waals surface area contributed by atoms with Gasteiger partial charge in [0.15, 0.2) is 0 Å². The number of rotatable bonds is 2. The van der Waals surface area contributed by atoms with Gasteiger partial charge in [0, 0.05) is 17.6 Å². The Morgan fingerprint density at radius 3 is 2.71 bits per heavy atom. The van der Waals surface area contributed by atoms with E-state index in [9.17, 15) is 13.5 Å². The van der Waals surface area contributed by atoms with Gasteiger partial charge in [-0.05, 0) is 40.5 Å². The van der Waals surface area contributed by atoms with Crippen molar-refractivity contribution in [2.24, 2.45) is 0 Å². The highest BCUT2D eigenvalue weighted by Crippen LogP contribution is 2.28. The van der Waals surface area contributed by atoms with E-state index < -0.39 is 16.1 Å². The Labute approximate surface area is 113 Å². The first kappa shape index (κ1) is 13.3. The van der Waals surface area contributed by atoms with Crippen molar-refractivity contribution in [3.05, 3.63) is 27.7 Å². The molecular formula is C10H11BrClNO3S. The van der Waals surface area contributed by atoms with Crippen molar-refractivity contribution in [2.45, 2.75) is 17.4 Å². The van der Waals surface area contributed by atoms with Crippen LogP contribution in [0.4, 0.5) is 0 Å². The highest BCUT2D eigenvalue weighted by Gasteiger charge is 2.31. The molecule has 94 valence electrons. The fourth-order valence-electron chi connectivity index (χ4n) is 1.72. The van der Waals surface area contributed by atoms with E-state index in [-0.39, 0.29) is 11.4 Å². The molecule has 1 aliphatic heterocycles. The zero-order valence-electron chi connectivity index (χ0n) is 8.81. The van der Waals surface area contributed by atoms with E-state index in [0.29, 0.717) is 22.5 Å². The van der Waals surface area contributed by atoms with Crippen molar-refractivity contribution >= 4 is 37.6 Å². The first-order valence-corrected chi connectivity index (χ1v) is 7.65. The van der Waals surface area contributed by atoms with E-state index in [1.54, 1.807) is 0 Å². The maximum Gasteiger partial charge on any atom is 0.243 e. The molecule has 2 rings (SSSR count). The van der Waals surface area contributed by atoms with Gasteiger partial charge in [-0.1, -0.05) is 11.6 Å². The molecule has 1 aliphatic rings. The summed E-state index contributed by atoms with van der Waals surface area (Å²) in [5.41, 5.74) is 0. The molecule has 1 fully saturated rings. The van der Waals surface area contributed by atoms with Gasteiger partial charge in [-0.3, -0.25) is 0 Å². The summed E-state index contributed by atoms with van der Waals surface area (Å²) in [6.45, 7) is 0.506. The third-order valence-corrected chi connectivity index (χ3v) is 5.73. The molecule has 0 radical (unpaired) electrons. The summed E-state index contributed by atoms with van der Waals surface area (Å²) in [5.74, 6) is 0. The van der Waals surface area contributed by atoms with Gasteiger partial charge in [-0.2, -0.15) is 4.31 Å². The van der Waals surface area contributed by atoms with Crippen molar-refractivity contribution < 1.29 is 13.5 Å². The second-order valence-electron chi connectivity index (χ2n) is 3.88. The predicted molar refractivity (Wildman–Crippen MR) is 68.5 cm³/mol. The van der Waals surface area contributed by atoms with Crippen LogP contribution in [-0.2, 0) is 10.0 Å². The van der Waals surface area contributed by atoms with Crippen LogP contribution in [0.2, 0.25) is 5.02 Å². The minimum Gasteiger partial charge on any atom is -0.392 e. The first-order valence-electron chi connectivity index (χ1n) is 5.04. The van der Waals surface area contributed by atoms with Crippen molar-refractivity contribution in [1.29, 1.82) is 0 Å². The highest BCUT2D eigenvalue weighted by molar-refractivity contribution is 9.10. The molecule has 1 heterocycles. The lowest BCUT2D eigenvalue weighted by atomic mass is 10.3. The second-order valence-corrected chi connectivity index (χ2v) is 7.08. The number of sulfonamides is 1. The molecule has 1 N–H and O–H groups in total. The van der Waals surface area contributed by atoms with E-state index in [0.717, 1.165) is 0 Å². The fraction of sp³-hybridized carbons (Fsp3) is 0.400. The van der Waals surface area contributed by atoms with Crippen molar-refractivity contribution in [1.82, 2.24) is 4.31 Å². The van der Waals surface area contributed by atoms with Gasteiger partial charge in [0.25, 0.3) is 0 Å². The summed E-state index contributed by atoms with van der Waals surface area (Å²) < 4.78 is 26.2. The van der Waals surface area contributed by atoms with Crippen LogP contribution in [0.1, 0.15) is 6.42 Å². The van der Waals surface area contributed by atoms with Gasteiger partial charge in [0.2, 0.25) is 10.0 Å². The van der Waals surface area contributed by atoms with Crippen LogP contribution in [0, 0.1) is 0 Å². The fourth-order valence-corrected chi connectivity index (χ4v) is 3.88. The van der Waals surface area contributed by atoms with Gasteiger partial charge in [0.05, 0.1) is 16.0 Å². The molecule has 0 aromatic heterocycles. The molecule has 17 heavy (non-hydrogen) atoms. The lowest BCUT2D eigenvalue weighted by Crippen LogP contribution is -2.29. The predicted octanol–water partition coefficient (Wildman–Crippen LogP) is 1.86. The van der Waals surface area contributed by atoms with Gasteiger partial charge in [0.1, 0.15) is 0 Å². The third kappa shape index (κ3) is 2.66. The summed E-state index contributed by atoms with van der Waals surface area (Å²) in [6, 6.07) is 4.47. The van der Waals surface area contributed by atoms with E-state index in [1.165, 1.54) is 22.5 Å². The monoisotopic (exact) mass is 339 g/mol. The zero-order valence-corrected chi connectivity index (χ0v) is 12.0. The van der Waals surface area contributed by atoms with Crippen LogP contribution < -0.4 is 0 Å². The number of benzene rings is 1. The second kappa shape index (κ2) is 4.85. The number of hydrogen-bond donors (Lipinski definition) is 1. The van der Waals surface area contributed by atoms with Crippen LogP contribution in [-0.4, -0.2) is 37.0 Å². The van der Waals surface area contributed by atoms with E-state index in [2.05, 4.69) is 15.9 Å². The summed E-state index contributed by atoms with van der Waals surface area (Å²) in [5, 5.41) is 9.84. The quantitative estimate of drug-likeness (QED) is 0.894. The van der Waals surface area contributed by atoms with Gasteiger partial charge < -0.3 is 5.11 Å². The van der Waals surface area contributed by atoms with Gasteiger partial charge in [-0.15, -0.1) is 0 Å². The molecule has 0 bridgehead atoms. The lowest BCUT2D eigenvalue weighted by Gasteiger charge is -2.16. The molecule has 1 aromatic rings. The first-order chi connectivity index (χ1) is 7.91. The average molecular weight is 341 g/mol. The SMILES string of the molecule is O=S(=O)(c1ccc(Cl)c(Br)c1)N1CCC(O)C1. The molecule has 7 heteroatoms. The number of aliphatic hydroxyl groups is 1. The van der Waals surface area contributed by atoms with E-state index in [1.807, 2.05) is 0 Å². The van der Waals surface area contributed by atoms with Crippen LogP contribution >= 0.6 is 27.5 Å². The van der Waals surface area contributed by atoms with E-state index in [4.69, 9.17) is 11.6 Å². The van der Waals surface area contributed by atoms with Crippen molar-refractivity contribution in [3.8, 4) is 0 Å². The summed E-state index contributed by atoms with van der Waals surface area (Å²) in [4.78, 5) is 0.183. The number of hydrogen-bond acceptors (Lipinski definition) is 3. The summed E-state index contributed by atoms with van der Waals surface area (Å²) in [6.07, 6.45) is -0.0888. The molecule has 0 saturated carbocycles. The molecule has 1 aromatic carbocycles. The largest absolute Gasteiger partial charge is 0.392 e. The molecular weight excluding hydrogens is 330 g/mol. The van der Waals surface area contributed by atoms with Gasteiger partial charge in [-0.25, -0.2) is 8.42 Å².